The van der Waals surface area contributed by atoms with Gasteiger partial charge in [0.15, 0.2) is 17.1 Å². The van der Waals surface area contributed by atoms with Crippen LogP contribution >= 0.6 is 0 Å². The summed E-state index contributed by atoms with van der Waals surface area (Å²) in [6.45, 7) is 3.09. The molecule has 0 spiro atoms. The summed E-state index contributed by atoms with van der Waals surface area (Å²) in [5, 5.41) is 16.2. The summed E-state index contributed by atoms with van der Waals surface area (Å²) in [5.41, 5.74) is 0.289. The van der Waals surface area contributed by atoms with E-state index in [2.05, 4.69) is 15.4 Å². The van der Waals surface area contributed by atoms with E-state index in [1.807, 2.05) is 0 Å². The van der Waals surface area contributed by atoms with Crippen LogP contribution in [-0.2, 0) is 0 Å². The highest BCUT2D eigenvalue weighted by Crippen LogP contribution is 2.33. The van der Waals surface area contributed by atoms with Crippen LogP contribution in [0.25, 0.3) is 11.0 Å². The lowest BCUT2D eigenvalue weighted by atomic mass is 9.84. The molecule has 7 nitrogen and oxygen atoms in total. The predicted molar refractivity (Wildman–Crippen MR) is 83.8 cm³/mol. The first-order valence-electron chi connectivity index (χ1n) is 7.77. The molecular formula is C16H17N3O4. The molecule has 23 heavy (non-hydrogen) atoms. The molecule has 3 aliphatic rings. The van der Waals surface area contributed by atoms with Gasteiger partial charge in [-0.1, -0.05) is 0 Å². The third-order valence-electron chi connectivity index (χ3n) is 4.88. The molecule has 2 bridgehead atoms. The van der Waals surface area contributed by atoms with Gasteiger partial charge in [0.25, 0.3) is 5.91 Å². The number of piperidine rings is 3. The third kappa shape index (κ3) is 2.46. The number of carbonyl (C=O) groups excluding carboxylic acids is 1. The van der Waals surface area contributed by atoms with Crippen LogP contribution in [0.4, 0.5) is 5.69 Å². The monoisotopic (exact) mass is 315 g/mol. The Kier molecular flexibility index (Phi) is 3.30. The van der Waals surface area contributed by atoms with Crippen molar-refractivity contribution in [1.82, 2.24) is 10.2 Å². The number of hydrogen-bond acceptors (Lipinski definition) is 6. The summed E-state index contributed by atoms with van der Waals surface area (Å²) in [6, 6.07) is 4.37. The van der Waals surface area contributed by atoms with Gasteiger partial charge in [-0.05, 0) is 49.2 Å². The maximum Gasteiger partial charge on any atom is 0.287 e. The summed E-state index contributed by atoms with van der Waals surface area (Å²) in [6.07, 6.45) is 2.22. The molecule has 1 amide bonds. The molecule has 1 aromatic heterocycles. The van der Waals surface area contributed by atoms with Crippen LogP contribution in [0.1, 0.15) is 23.4 Å². The van der Waals surface area contributed by atoms with Crippen molar-refractivity contribution in [2.24, 2.45) is 11.1 Å². The molecule has 2 N–H and O–H groups in total. The number of furan rings is 1. The average Bonchev–Trinajstić information content (AvgIpc) is 3.00. The number of nitrogens with zero attached hydrogens (tertiary/aromatic N) is 2. The van der Waals surface area contributed by atoms with Gasteiger partial charge in [-0.25, -0.2) is 0 Å². The Hall–Kier alpha value is -2.41. The number of fused-ring (bicyclic) bond motifs is 4. The van der Waals surface area contributed by atoms with Crippen molar-refractivity contribution in [2.45, 2.75) is 18.9 Å². The van der Waals surface area contributed by atoms with Crippen molar-refractivity contribution in [3.05, 3.63) is 28.9 Å². The van der Waals surface area contributed by atoms with E-state index in [1.165, 1.54) is 18.2 Å². The Morgan fingerprint density at radius 1 is 1.30 bits per heavy atom. The number of aromatic hydroxyl groups is 1. The minimum Gasteiger partial charge on any atom is -0.504 e. The number of nitrogens with one attached hydrogen (secondary N) is 1. The second-order valence-corrected chi connectivity index (χ2v) is 6.30. The highest BCUT2D eigenvalue weighted by Gasteiger charge is 2.35. The lowest BCUT2D eigenvalue weighted by Crippen LogP contribution is -2.57. The highest BCUT2D eigenvalue weighted by atomic mass is 16.4. The molecule has 4 heterocycles. The molecule has 3 saturated heterocycles. The molecule has 0 saturated carbocycles. The van der Waals surface area contributed by atoms with Crippen LogP contribution in [0.15, 0.2) is 27.8 Å². The van der Waals surface area contributed by atoms with Gasteiger partial charge in [-0.2, -0.15) is 0 Å². The fourth-order valence-electron chi connectivity index (χ4n) is 3.65. The molecule has 2 aromatic rings. The third-order valence-corrected chi connectivity index (χ3v) is 4.88. The zero-order chi connectivity index (χ0) is 16.0. The summed E-state index contributed by atoms with van der Waals surface area (Å²) in [4.78, 5) is 25.4. The summed E-state index contributed by atoms with van der Waals surface area (Å²) in [7, 11) is 0. The molecule has 1 atom stereocenters. The van der Waals surface area contributed by atoms with Crippen molar-refractivity contribution >= 4 is 22.6 Å². The number of amides is 1. The fourth-order valence-corrected chi connectivity index (χ4v) is 3.65. The molecule has 0 radical (unpaired) electrons. The van der Waals surface area contributed by atoms with Crippen molar-refractivity contribution < 1.29 is 14.3 Å². The van der Waals surface area contributed by atoms with Crippen LogP contribution < -0.4 is 5.32 Å². The number of hydrogen-bond donors (Lipinski definition) is 2. The molecule has 3 fully saturated rings. The van der Waals surface area contributed by atoms with E-state index in [9.17, 15) is 14.8 Å². The highest BCUT2D eigenvalue weighted by molar-refractivity contribution is 5.98. The van der Waals surface area contributed by atoms with Crippen LogP contribution in [0.2, 0.25) is 0 Å². The summed E-state index contributed by atoms with van der Waals surface area (Å²) < 4.78 is 5.46. The molecule has 7 heteroatoms. The van der Waals surface area contributed by atoms with Crippen LogP contribution in [0.3, 0.4) is 0 Å². The van der Waals surface area contributed by atoms with Gasteiger partial charge in [0, 0.05) is 24.0 Å². The Bertz CT molecular complexity index is 777. The molecule has 5 rings (SSSR count). The smallest absolute Gasteiger partial charge is 0.287 e. The molecular weight excluding hydrogens is 298 g/mol. The van der Waals surface area contributed by atoms with Gasteiger partial charge >= 0.3 is 0 Å². The number of phenols is 1. The van der Waals surface area contributed by atoms with Gasteiger partial charge in [0.05, 0.1) is 0 Å². The number of benzene rings is 1. The topological polar surface area (TPSA) is 95.1 Å². The number of rotatable bonds is 3. The van der Waals surface area contributed by atoms with Crippen molar-refractivity contribution in [2.75, 3.05) is 19.6 Å². The first-order chi connectivity index (χ1) is 11.1. The van der Waals surface area contributed by atoms with Crippen LogP contribution in [0, 0.1) is 10.8 Å². The van der Waals surface area contributed by atoms with E-state index in [1.54, 1.807) is 0 Å². The lowest BCUT2D eigenvalue weighted by molar-refractivity contribution is 0.0607. The van der Waals surface area contributed by atoms with Gasteiger partial charge in [0.1, 0.15) is 5.69 Å². The second kappa shape index (κ2) is 5.34. The number of carbonyl (C=O) groups is 1. The molecule has 120 valence electrons. The van der Waals surface area contributed by atoms with Gasteiger partial charge in [0.2, 0.25) is 0 Å². The minimum absolute atomic E-state index is 0.0974. The van der Waals surface area contributed by atoms with E-state index >= 15 is 0 Å². The van der Waals surface area contributed by atoms with Gasteiger partial charge in [-0.15, -0.1) is 4.91 Å². The standard InChI is InChI=1S/C16H17N3O4/c20-13-7-11(18-22)5-10-6-14(23-15(10)13)16(21)17-12-8-19-3-1-9(12)2-4-19/h5-7,9,12,20H,1-4,8H2,(H,17,21)/t12-/m0/s1. The zero-order valence-corrected chi connectivity index (χ0v) is 12.5. The van der Waals surface area contributed by atoms with Gasteiger partial charge < -0.3 is 19.7 Å². The largest absolute Gasteiger partial charge is 0.504 e. The van der Waals surface area contributed by atoms with E-state index in [0.717, 1.165) is 32.5 Å². The predicted octanol–water partition coefficient (Wildman–Crippen LogP) is 2.36. The van der Waals surface area contributed by atoms with E-state index in [4.69, 9.17) is 4.42 Å². The molecule has 0 unspecified atom stereocenters. The Morgan fingerprint density at radius 3 is 2.74 bits per heavy atom. The molecule has 1 aromatic carbocycles. The molecule has 3 aliphatic heterocycles. The summed E-state index contributed by atoms with van der Waals surface area (Å²) >= 11 is 0. The van der Waals surface area contributed by atoms with Gasteiger partial charge in [-0.3, -0.25) is 4.79 Å². The van der Waals surface area contributed by atoms with Crippen LogP contribution in [-0.4, -0.2) is 41.6 Å². The average molecular weight is 315 g/mol. The maximum absolute atomic E-state index is 12.4. The lowest BCUT2D eigenvalue weighted by Gasteiger charge is -2.44. The quantitative estimate of drug-likeness (QED) is 0.848. The Balaban J connectivity index is 1.57. The van der Waals surface area contributed by atoms with Crippen molar-refractivity contribution in [1.29, 1.82) is 0 Å². The fraction of sp³-hybridized carbons (Fsp3) is 0.438. The zero-order valence-electron chi connectivity index (χ0n) is 12.5. The first kappa shape index (κ1) is 14.2. The number of nitroso groups, excluding NO2 is 1. The maximum atomic E-state index is 12.4. The van der Waals surface area contributed by atoms with E-state index < -0.39 is 0 Å². The first-order valence-corrected chi connectivity index (χ1v) is 7.77. The van der Waals surface area contributed by atoms with Crippen molar-refractivity contribution in [3.63, 3.8) is 0 Å². The van der Waals surface area contributed by atoms with Crippen LogP contribution in [0.5, 0.6) is 5.75 Å². The second-order valence-electron chi connectivity index (χ2n) is 6.30. The normalized spacial score (nSPS) is 26.3. The molecule has 0 aliphatic carbocycles. The summed E-state index contributed by atoms with van der Waals surface area (Å²) in [5.74, 6) is 0.168. The van der Waals surface area contributed by atoms with E-state index in [0.29, 0.717) is 11.3 Å². The van der Waals surface area contributed by atoms with Crippen molar-refractivity contribution in [3.8, 4) is 5.75 Å². The Morgan fingerprint density at radius 2 is 2.09 bits per heavy atom. The minimum atomic E-state index is -0.292. The Labute approximate surface area is 132 Å². The number of phenolic OH excluding ortho intramolecular Hbond substituents is 1. The van der Waals surface area contributed by atoms with E-state index in [-0.39, 0.29) is 34.7 Å². The SMILES string of the molecule is O=Nc1cc(O)c2oc(C(=O)N[C@H]3CN4CCC3CC4)cc2c1.